The zero-order chi connectivity index (χ0) is 14.6. The molecule has 0 aliphatic carbocycles. The van der Waals surface area contributed by atoms with Gasteiger partial charge in [0.1, 0.15) is 5.60 Å². The van der Waals surface area contributed by atoms with Gasteiger partial charge in [0.2, 0.25) is 0 Å². The predicted molar refractivity (Wildman–Crippen MR) is 82.1 cm³/mol. The van der Waals surface area contributed by atoms with Gasteiger partial charge < -0.3 is 4.74 Å². The maximum Gasteiger partial charge on any atom is 0.330 e. The van der Waals surface area contributed by atoms with Gasteiger partial charge in [0.25, 0.3) is 0 Å². The first-order valence-corrected chi connectivity index (χ1v) is 7.50. The lowest BCUT2D eigenvalue weighted by molar-refractivity contribution is -0.148. The van der Waals surface area contributed by atoms with E-state index in [-0.39, 0.29) is 5.97 Å². The smallest absolute Gasteiger partial charge is 0.330 e. The summed E-state index contributed by atoms with van der Waals surface area (Å²) in [7, 11) is 0. The maximum atomic E-state index is 11.4. The number of esters is 1. The number of carbonyl (C=O) groups excluding carboxylic acids is 1. The molecule has 0 saturated carbocycles. The lowest BCUT2D eigenvalue weighted by atomic mass is 10.1. The summed E-state index contributed by atoms with van der Waals surface area (Å²) >= 11 is 0. The van der Waals surface area contributed by atoms with Crippen molar-refractivity contribution in [2.75, 3.05) is 0 Å². The molecule has 0 atom stereocenters. The molecular formula is C17H30O2. The monoisotopic (exact) mass is 266 g/mol. The first-order valence-electron chi connectivity index (χ1n) is 7.50. The standard InChI is InChI=1S/C17H30O2/c1-5-6-7-8-9-10-11-12-13-14-15-16(18)19-17(2,3)4/h7-8,14-15H,5-6,9-13H2,1-4H3/b8-7+,15-14+. The number of ether oxygens (including phenoxy) is 1. The van der Waals surface area contributed by atoms with Crippen molar-refractivity contribution in [2.45, 2.75) is 78.2 Å². The summed E-state index contributed by atoms with van der Waals surface area (Å²) in [6.45, 7) is 7.84. The molecule has 19 heavy (non-hydrogen) atoms. The summed E-state index contributed by atoms with van der Waals surface area (Å²) in [4.78, 5) is 11.4. The summed E-state index contributed by atoms with van der Waals surface area (Å²) in [5.41, 5.74) is -0.397. The second-order valence-corrected chi connectivity index (χ2v) is 5.83. The van der Waals surface area contributed by atoms with Gasteiger partial charge in [-0.25, -0.2) is 4.79 Å². The molecule has 0 aromatic heterocycles. The number of allylic oxidation sites excluding steroid dienone is 3. The largest absolute Gasteiger partial charge is 0.457 e. The van der Waals surface area contributed by atoms with Crippen LogP contribution in [0.25, 0.3) is 0 Å². The van der Waals surface area contributed by atoms with E-state index in [0.717, 1.165) is 12.8 Å². The molecule has 0 spiro atoms. The highest BCUT2D eigenvalue weighted by Gasteiger charge is 2.13. The summed E-state index contributed by atoms with van der Waals surface area (Å²) in [6.07, 6.45) is 16.2. The van der Waals surface area contributed by atoms with Crippen molar-refractivity contribution >= 4 is 5.97 Å². The Kier molecular flexibility index (Phi) is 10.2. The summed E-state index contributed by atoms with van der Waals surface area (Å²) in [5.74, 6) is -0.241. The van der Waals surface area contributed by atoms with Crippen LogP contribution < -0.4 is 0 Å². The van der Waals surface area contributed by atoms with Gasteiger partial charge in [0, 0.05) is 6.08 Å². The molecule has 0 radical (unpaired) electrons. The molecule has 0 heterocycles. The number of hydrogen-bond acceptors (Lipinski definition) is 2. The highest BCUT2D eigenvalue weighted by Crippen LogP contribution is 2.08. The van der Waals surface area contributed by atoms with Gasteiger partial charge in [0.05, 0.1) is 0 Å². The Morgan fingerprint density at radius 3 is 2.11 bits per heavy atom. The molecule has 0 fully saturated rings. The Labute approximate surface area is 118 Å². The Hall–Kier alpha value is -1.05. The van der Waals surface area contributed by atoms with Crippen LogP contribution in [-0.4, -0.2) is 11.6 Å². The van der Waals surface area contributed by atoms with Crippen LogP contribution in [0, 0.1) is 0 Å². The number of unbranched alkanes of at least 4 members (excludes halogenated alkanes) is 5. The van der Waals surface area contributed by atoms with E-state index in [9.17, 15) is 4.79 Å². The van der Waals surface area contributed by atoms with Crippen molar-refractivity contribution in [2.24, 2.45) is 0 Å². The van der Waals surface area contributed by atoms with E-state index in [2.05, 4.69) is 19.1 Å². The van der Waals surface area contributed by atoms with Crippen molar-refractivity contribution in [3.8, 4) is 0 Å². The number of hydrogen-bond donors (Lipinski definition) is 0. The molecule has 0 aromatic rings. The third-order valence-electron chi connectivity index (χ3n) is 2.52. The third-order valence-corrected chi connectivity index (χ3v) is 2.52. The van der Waals surface area contributed by atoms with Gasteiger partial charge in [-0.3, -0.25) is 0 Å². The van der Waals surface area contributed by atoms with Crippen LogP contribution in [-0.2, 0) is 9.53 Å². The molecule has 0 aliphatic heterocycles. The fourth-order valence-electron chi connectivity index (χ4n) is 1.62. The van der Waals surface area contributed by atoms with Crippen LogP contribution in [0.4, 0.5) is 0 Å². The van der Waals surface area contributed by atoms with Gasteiger partial charge in [-0.05, 0) is 52.9 Å². The van der Waals surface area contributed by atoms with Crippen molar-refractivity contribution < 1.29 is 9.53 Å². The van der Waals surface area contributed by atoms with Gasteiger partial charge in [0.15, 0.2) is 0 Å². The molecule has 0 aliphatic rings. The van der Waals surface area contributed by atoms with Crippen molar-refractivity contribution in [1.29, 1.82) is 0 Å². The second-order valence-electron chi connectivity index (χ2n) is 5.83. The highest BCUT2D eigenvalue weighted by molar-refractivity contribution is 5.82. The van der Waals surface area contributed by atoms with E-state index in [4.69, 9.17) is 4.74 Å². The van der Waals surface area contributed by atoms with E-state index >= 15 is 0 Å². The summed E-state index contributed by atoms with van der Waals surface area (Å²) in [5, 5.41) is 0. The van der Waals surface area contributed by atoms with Crippen molar-refractivity contribution in [3.05, 3.63) is 24.3 Å². The van der Waals surface area contributed by atoms with E-state index < -0.39 is 5.60 Å². The minimum Gasteiger partial charge on any atom is -0.457 e. The Morgan fingerprint density at radius 1 is 0.947 bits per heavy atom. The molecule has 0 amide bonds. The molecule has 0 aromatic carbocycles. The molecule has 0 bridgehead atoms. The lowest BCUT2D eigenvalue weighted by Crippen LogP contribution is -2.22. The first-order chi connectivity index (χ1) is 8.95. The van der Waals surface area contributed by atoms with Crippen LogP contribution >= 0.6 is 0 Å². The van der Waals surface area contributed by atoms with Crippen LogP contribution in [0.1, 0.15) is 72.6 Å². The zero-order valence-electron chi connectivity index (χ0n) is 13.1. The topological polar surface area (TPSA) is 26.3 Å². The Balaban J connectivity index is 3.46. The SMILES string of the molecule is CCC/C=C/CCCCC/C=C/C(=O)OC(C)(C)C. The Morgan fingerprint density at radius 2 is 1.53 bits per heavy atom. The van der Waals surface area contributed by atoms with Gasteiger partial charge in [-0.15, -0.1) is 0 Å². The van der Waals surface area contributed by atoms with Gasteiger partial charge in [-0.1, -0.05) is 38.0 Å². The quantitative estimate of drug-likeness (QED) is 0.248. The zero-order valence-corrected chi connectivity index (χ0v) is 13.1. The summed E-state index contributed by atoms with van der Waals surface area (Å²) < 4.78 is 5.19. The summed E-state index contributed by atoms with van der Waals surface area (Å²) in [6, 6.07) is 0. The van der Waals surface area contributed by atoms with Crippen LogP contribution in [0.15, 0.2) is 24.3 Å². The molecule has 0 unspecified atom stereocenters. The fraction of sp³-hybridized carbons (Fsp3) is 0.706. The van der Waals surface area contributed by atoms with Crippen molar-refractivity contribution in [3.63, 3.8) is 0 Å². The van der Waals surface area contributed by atoms with E-state index in [1.165, 1.54) is 32.1 Å². The maximum absolute atomic E-state index is 11.4. The first kappa shape index (κ1) is 17.9. The molecule has 0 saturated heterocycles. The van der Waals surface area contributed by atoms with E-state index in [0.29, 0.717) is 0 Å². The number of carbonyl (C=O) groups is 1. The number of rotatable bonds is 9. The lowest BCUT2D eigenvalue weighted by Gasteiger charge is -2.17. The van der Waals surface area contributed by atoms with Crippen LogP contribution in [0.3, 0.4) is 0 Å². The minimum atomic E-state index is -0.397. The van der Waals surface area contributed by atoms with Crippen LogP contribution in [0.2, 0.25) is 0 Å². The van der Waals surface area contributed by atoms with Crippen molar-refractivity contribution in [1.82, 2.24) is 0 Å². The fourth-order valence-corrected chi connectivity index (χ4v) is 1.62. The molecule has 0 N–H and O–H groups in total. The van der Waals surface area contributed by atoms with E-state index in [1.54, 1.807) is 6.08 Å². The molecule has 110 valence electrons. The second kappa shape index (κ2) is 10.8. The van der Waals surface area contributed by atoms with Gasteiger partial charge in [-0.2, -0.15) is 0 Å². The van der Waals surface area contributed by atoms with Gasteiger partial charge >= 0.3 is 5.97 Å². The molecule has 2 heteroatoms. The van der Waals surface area contributed by atoms with E-state index in [1.807, 2.05) is 26.8 Å². The molecule has 2 nitrogen and oxygen atoms in total. The minimum absolute atomic E-state index is 0.241. The molecular weight excluding hydrogens is 236 g/mol. The average Bonchev–Trinajstić information content (AvgIpc) is 2.29. The highest BCUT2D eigenvalue weighted by atomic mass is 16.6. The normalized spacial score (nSPS) is 12.4. The average molecular weight is 266 g/mol. The third kappa shape index (κ3) is 14.9. The van der Waals surface area contributed by atoms with Crippen LogP contribution in [0.5, 0.6) is 0 Å². The predicted octanol–water partition coefficient (Wildman–Crippen LogP) is 5.19. The Bertz CT molecular complexity index is 282. The molecule has 0 rings (SSSR count).